The number of carboxylic acid groups (broad SMARTS) is 1. The van der Waals surface area contributed by atoms with Crippen molar-refractivity contribution in [3.05, 3.63) is 77.4 Å². The van der Waals surface area contributed by atoms with Gasteiger partial charge in [0.25, 0.3) is 11.8 Å². The molecule has 1 aromatic carbocycles. The minimum absolute atomic E-state index is 0.0322. The average molecular weight is 512 g/mol. The summed E-state index contributed by atoms with van der Waals surface area (Å²) in [5.74, 6) is -2.28. The molecule has 11 nitrogen and oxygen atoms in total. The summed E-state index contributed by atoms with van der Waals surface area (Å²) in [7, 11) is 0. The number of oxime groups is 1. The molecule has 0 saturated carbocycles. The van der Waals surface area contributed by atoms with E-state index in [0.29, 0.717) is 15.7 Å². The highest BCUT2D eigenvalue weighted by Gasteiger charge is 2.54. The van der Waals surface area contributed by atoms with Gasteiger partial charge in [-0.3, -0.25) is 14.5 Å². The van der Waals surface area contributed by atoms with Gasteiger partial charge in [0.1, 0.15) is 22.1 Å². The van der Waals surface area contributed by atoms with E-state index in [1.54, 1.807) is 16.9 Å². The molecule has 0 radical (unpaired) electrons. The summed E-state index contributed by atoms with van der Waals surface area (Å²) in [6.45, 7) is 0. The average Bonchev–Trinajstić information content (AvgIpc) is 3.56. The summed E-state index contributed by atoms with van der Waals surface area (Å²) in [5.41, 5.74) is 0.304. The van der Waals surface area contributed by atoms with Gasteiger partial charge in [-0.25, -0.2) is 9.48 Å². The van der Waals surface area contributed by atoms with Crippen molar-refractivity contribution in [3.63, 3.8) is 0 Å². The minimum Gasteiger partial charge on any atom is -0.477 e. The maximum atomic E-state index is 12.9. The molecule has 3 aromatic rings. The summed E-state index contributed by atoms with van der Waals surface area (Å²) >= 11 is 2.55. The predicted octanol–water partition coefficient (Wildman–Crippen LogP) is 2.13. The lowest BCUT2D eigenvalue weighted by atomic mass is 10.0. The van der Waals surface area contributed by atoms with E-state index in [-0.39, 0.29) is 17.2 Å². The van der Waals surface area contributed by atoms with E-state index in [1.807, 2.05) is 30.3 Å². The van der Waals surface area contributed by atoms with E-state index in [1.165, 1.54) is 46.8 Å². The summed E-state index contributed by atoms with van der Waals surface area (Å²) < 4.78 is 6.77. The minimum atomic E-state index is -1.24. The summed E-state index contributed by atoms with van der Waals surface area (Å²) in [6.07, 6.45) is 2.93. The van der Waals surface area contributed by atoms with Crippen LogP contribution in [0.25, 0.3) is 5.69 Å². The van der Waals surface area contributed by atoms with Crippen LogP contribution in [0.15, 0.2) is 86.2 Å². The molecule has 2 aromatic heterocycles. The van der Waals surface area contributed by atoms with Crippen molar-refractivity contribution in [2.75, 3.05) is 5.75 Å². The van der Waals surface area contributed by atoms with Gasteiger partial charge in [0.15, 0.2) is 5.76 Å². The summed E-state index contributed by atoms with van der Waals surface area (Å²) in [4.78, 5) is 39.3. The van der Waals surface area contributed by atoms with E-state index < -0.39 is 29.2 Å². The number of aliphatic carboxylic acids is 1. The molecule has 35 heavy (non-hydrogen) atoms. The lowest BCUT2D eigenvalue weighted by molar-refractivity contribution is -0.150. The molecule has 2 aliphatic rings. The van der Waals surface area contributed by atoms with Gasteiger partial charge in [-0.2, -0.15) is 5.10 Å². The molecular formula is C22H17N5O6S2. The van der Waals surface area contributed by atoms with Gasteiger partial charge >= 0.3 is 5.97 Å². The van der Waals surface area contributed by atoms with Crippen LogP contribution in [0.1, 0.15) is 5.76 Å². The van der Waals surface area contributed by atoms with Gasteiger partial charge in [0.05, 0.1) is 18.1 Å². The first-order valence-electron chi connectivity index (χ1n) is 10.2. The fourth-order valence-electron chi connectivity index (χ4n) is 3.76. The molecule has 0 spiro atoms. The lowest BCUT2D eigenvalue weighted by Gasteiger charge is -2.49. The number of aromatic nitrogens is 2. The Bertz CT molecular complexity index is 1350. The number of thioether (sulfide) groups is 2. The SMILES string of the molecule is O=C(O)C1=C(Sc2ccnn2-c2ccccc2)CS[C@@H]2[C@H](NC(=O)C(=NO)c3ccco3)C(=O)N12. The number of furan rings is 1. The van der Waals surface area contributed by atoms with Gasteiger partial charge in [0.2, 0.25) is 5.71 Å². The molecule has 0 bridgehead atoms. The Morgan fingerprint density at radius 2 is 2.00 bits per heavy atom. The van der Waals surface area contributed by atoms with Crippen LogP contribution in [-0.4, -0.2) is 65.7 Å². The summed E-state index contributed by atoms with van der Waals surface area (Å²) in [6, 6.07) is 13.2. The maximum absolute atomic E-state index is 12.9. The van der Waals surface area contributed by atoms with E-state index in [2.05, 4.69) is 15.6 Å². The molecule has 0 aliphatic carbocycles. The van der Waals surface area contributed by atoms with E-state index in [9.17, 15) is 24.7 Å². The van der Waals surface area contributed by atoms with Crippen LogP contribution in [0.5, 0.6) is 0 Å². The van der Waals surface area contributed by atoms with Crippen LogP contribution < -0.4 is 5.32 Å². The number of nitrogens with zero attached hydrogens (tertiary/aromatic N) is 4. The number of β-lactam (4-membered cyclic amide) rings is 1. The number of benzene rings is 1. The molecule has 2 amide bonds. The van der Waals surface area contributed by atoms with Crippen LogP contribution in [0.3, 0.4) is 0 Å². The molecule has 2 aliphatic heterocycles. The second-order valence-electron chi connectivity index (χ2n) is 7.38. The third-order valence-corrected chi connectivity index (χ3v) is 7.89. The smallest absolute Gasteiger partial charge is 0.353 e. The zero-order chi connectivity index (χ0) is 24.5. The lowest BCUT2D eigenvalue weighted by Crippen LogP contribution is -2.71. The molecule has 3 N–H and O–H groups in total. The Hall–Kier alpha value is -3.97. The quantitative estimate of drug-likeness (QED) is 0.188. The van der Waals surface area contributed by atoms with Gasteiger partial charge < -0.3 is 20.0 Å². The first-order valence-corrected chi connectivity index (χ1v) is 12.1. The van der Waals surface area contributed by atoms with E-state index in [4.69, 9.17) is 4.42 Å². The monoisotopic (exact) mass is 511 g/mol. The van der Waals surface area contributed by atoms with Crippen molar-refractivity contribution >= 4 is 47.0 Å². The first-order chi connectivity index (χ1) is 17.0. The van der Waals surface area contributed by atoms with Gasteiger partial charge in [0, 0.05) is 10.7 Å². The molecule has 13 heteroatoms. The number of carbonyl (C=O) groups excluding carboxylic acids is 2. The number of hydrogen-bond donors (Lipinski definition) is 3. The van der Waals surface area contributed by atoms with Crippen LogP contribution >= 0.6 is 23.5 Å². The number of para-hydroxylation sites is 1. The first kappa shape index (κ1) is 22.8. The fourth-order valence-corrected chi connectivity index (χ4v) is 6.29. The Kier molecular flexibility index (Phi) is 6.09. The third kappa shape index (κ3) is 4.08. The van der Waals surface area contributed by atoms with Gasteiger partial charge in [-0.15, -0.1) is 11.8 Å². The fraction of sp³-hybridized carbons (Fsp3) is 0.136. The molecule has 5 rings (SSSR count). The number of nitrogens with one attached hydrogen (secondary N) is 1. The van der Waals surface area contributed by atoms with E-state index >= 15 is 0 Å². The number of carboxylic acids is 1. The molecule has 1 saturated heterocycles. The largest absolute Gasteiger partial charge is 0.477 e. The topological polar surface area (TPSA) is 150 Å². The Morgan fingerprint density at radius 1 is 1.20 bits per heavy atom. The molecule has 1 fully saturated rings. The highest BCUT2D eigenvalue weighted by Crippen LogP contribution is 2.45. The number of rotatable bonds is 7. The second kappa shape index (κ2) is 9.35. The molecule has 178 valence electrons. The number of hydrogen-bond acceptors (Lipinski definition) is 9. The normalized spacial score (nSPS) is 19.8. The Labute approximate surface area is 206 Å². The van der Waals surface area contributed by atoms with Crippen molar-refractivity contribution in [1.82, 2.24) is 20.0 Å². The molecular weight excluding hydrogens is 494 g/mol. The third-order valence-electron chi connectivity index (χ3n) is 5.33. The number of fused-ring (bicyclic) bond motifs is 1. The molecule has 0 unspecified atom stereocenters. The molecule has 2 atom stereocenters. The van der Waals surface area contributed by atoms with Crippen LogP contribution in [0.4, 0.5) is 0 Å². The van der Waals surface area contributed by atoms with E-state index in [0.717, 1.165) is 5.69 Å². The zero-order valence-corrected chi connectivity index (χ0v) is 19.4. The van der Waals surface area contributed by atoms with Crippen molar-refractivity contribution in [2.45, 2.75) is 16.4 Å². The van der Waals surface area contributed by atoms with Crippen LogP contribution in [-0.2, 0) is 14.4 Å². The van der Waals surface area contributed by atoms with Gasteiger partial charge in [-0.1, -0.05) is 35.1 Å². The van der Waals surface area contributed by atoms with Crippen molar-refractivity contribution in [2.24, 2.45) is 5.16 Å². The predicted molar refractivity (Wildman–Crippen MR) is 126 cm³/mol. The number of carbonyl (C=O) groups is 3. The van der Waals surface area contributed by atoms with Crippen molar-refractivity contribution < 1.29 is 29.1 Å². The molecule has 4 heterocycles. The van der Waals surface area contributed by atoms with Gasteiger partial charge in [-0.05, 0) is 30.3 Å². The van der Waals surface area contributed by atoms with Crippen LogP contribution in [0, 0.1) is 0 Å². The Morgan fingerprint density at radius 3 is 2.69 bits per heavy atom. The Balaban J connectivity index is 1.37. The highest BCUT2D eigenvalue weighted by atomic mass is 32.2. The van der Waals surface area contributed by atoms with Crippen molar-refractivity contribution in [3.8, 4) is 5.69 Å². The van der Waals surface area contributed by atoms with Crippen LogP contribution in [0.2, 0.25) is 0 Å². The van der Waals surface area contributed by atoms with Crippen molar-refractivity contribution in [1.29, 1.82) is 0 Å². The number of amides is 2. The highest BCUT2D eigenvalue weighted by molar-refractivity contribution is 8.06. The standard InChI is InChI=1S/C22H17N5O6S2/c28-19(16(25-32)13-7-4-10-33-13)24-17-20(29)26-18(22(30)31)14(11-34-21(17)26)35-15-8-9-23-27(15)12-5-2-1-3-6-12/h1-10,17,21,32H,11H2,(H,24,28)(H,30,31)/t17-,21-/m1/s1. The summed E-state index contributed by atoms with van der Waals surface area (Å²) in [5, 5.41) is 29.0. The second-order valence-corrected chi connectivity index (χ2v) is 9.60. The maximum Gasteiger partial charge on any atom is 0.353 e. The zero-order valence-electron chi connectivity index (χ0n) is 17.8.